The number of rotatable bonds is 1. The molecule has 1 fully saturated rings. The van der Waals surface area contributed by atoms with Crippen molar-refractivity contribution in [3.8, 4) is 6.07 Å². The van der Waals surface area contributed by atoms with Crippen molar-refractivity contribution in [2.24, 2.45) is 5.92 Å². The van der Waals surface area contributed by atoms with E-state index < -0.39 is 5.92 Å². The third-order valence-electron chi connectivity index (χ3n) is 2.99. The first-order valence-electron chi connectivity index (χ1n) is 5.36. The molecule has 0 saturated carbocycles. The van der Waals surface area contributed by atoms with Crippen molar-refractivity contribution in [1.82, 2.24) is 0 Å². The summed E-state index contributed by atoms with van der Waals surface area (Å²) in [6.07, 6.45) is 0. The lowest BCUT2D eigenvalue weighted by molar-refractivity contribution is -0.118. The predicted octanol–water partition coefficient (Wildman–Crippen LogP) is 1.83. The van der Waals surface area contributed by atoms with Gasteiger partial charge >= 0.3 is 0 Å². The lowest BCUT2D eigenvalue weighted by atomic mass is 10.1. The molecule has 0 radical (unpaired) electrons. The van der Waals surface area contributed by atoms with Crippen LogP contribution >= 0.6 is 0 Å². The molecule has 1 atom stereocenters. The van der Waals surface area contributed by atoms with Gasteiger partial charge in [0.2, 0.25) is 0 Å². The van der Waals surface area contributed by atoms with E-state index in [0.29, 0.717) is 13.1 Å². The fraction of sp³-hybridized carbons (Fsp3) is 0.385. The Balaban J connectivity index is 2.27. The Labute approximate surface area is 95.3 Å². The monoisotopic (exact) mass is 214 g/mol. The van der Waals surface area contributed by atoms with Gasteiger partial charge in [-0.2, -0.15) is 5.26 Å². The largest absolute Gasteiger partial charge is 0.362 e. The molecule has 1 aromatic rings. The third-order valence-corrected chi connectivity index (χ3v) is 2.99. The molecule has 16 heavy (non-hydrogen) atoms. The minimum atomic E-state index is -0.458. The smallest absolute Gasteiger partial charge is 0.170 e. The van der Waals surface area contributed by atoms with E-state index in [2.05, 4.69) is 12.1 Å². The molecule has 0 aliphatic carbocycles. The van der Waals surface area contributed by atoms with Crippen molar-refractivity contribution in [3.63, 3.8) is 0 Å². The number of hydrogen-bond donors (Lipinski definition) is 0. The zero-order chi connectivity index (χ0) is 11.7. The molecule has 0 bridgehead atoms. The lowest BCUT2D eigenvalue weighted by Crippen LogP contribution is -2.20. The maximum absolute atomic E-state index is 11.5. The minimum absolute atomic E-state index is 0.0301. The zero-order valence-electron chi connectivity index (χ0n) is 9.53. The van der Waals surface area contributed by atoms with Gasteiger partial charge in [-0.05, 0) is 25.5 Å². The van der Waals surface area contributed by atoms with E-state index in [1.165, 1.54) is 5.56 Å². The number of aryl methyl sites for hydroxylation is 2. The third kappa shape index (κ3) is 1.79. The Morgan fingerprint density at radius 1 is 1.44 bits per heavy atom. The zero-order valence-corrected chi connectivity index (χ0v) is 9.53. The maximum atomic E-state index is 11.5. The highest BCUT2D eigenvalue weighted by Gasteiger charge is 2.31. The number of nitrogens with zero attached hydrogens (tertiary/aromatic N) is 2. The summed E-state index contributed by atoms with van der Waals surface area (Å²) < 4.78 is 0. The summed E-state index contributed by atoms with van der Waals surface area (Å²) in [4.78, 5) is 13.5. The number of ketones is 1. The second kappa shape index (κ2) is 3.97. The van der Waals surface area contributed by atoms with Crippen LogP contribution in [0.3, 0.4) is 0 Å². The summed E-state index contributed by atoms with van der Waals surface area (Å²) in [5.41, 5.74) is 3.44. The first-order valence-corrected chi connectivity index (χ1v) is 5.36. The Hall–Kier alpha value is -1.82. The van der Waals surface area contributed by atoms with Crippen LogP contribution in [0, 0.1) is 31.1 Å². The van der Waals surface area contributed by atoms with Gasteiger partial charge < -0.3 is 4.90 Å². The van der Waals surface area contributed by atoms with Gasteiger partial charge in [0.05, 0.1) is 12.6 Å². The number of Topliss-reactive ketones (excluding diaryl/α,β-unsaturated/α-hetero) is 1. The Morgan fingerprint density at radius 2 is 2.19 bits per heavy atom. The van der Waals surface area contributed by atoms with Crippen molar-refractivity contribution in [3.05, 3.63) is 29.3 Å². The van der Waals surface area contributed by atoms with E-state index in [9.17, 15) is 4.79 Å². The molecule has 1 aliphatic rings. The van der Waals surface area contributed by atoms with Gasteiger partial charge in [0.15, 0.2) is 5.78 Å². The number of hydrogen-bond acceptors (Lipinski definition) is 3. The second-order valence-corrected chi connectivity index (χ2v) is 4.32. The van der Waals surface area contributed by atoms with Crippen molar-refractivity contribution >= 4 is 11.5 Å². The Morgan fingerprint density at radius 3 is 2.75 bits per heavy atom. The number of carbonyl (C=O) groups is 1. The van der Waals surface area contributed by atoms with Gasteiger partial charge in [-0.1, -0.05) is 17.7 Å². The van der Waals surface area contributed by atoms with Crippen LogP contribution in [0.15, 0.2) is 18.2 Å². The first kappa shape index (κ1) is 10.7. The van der Waals surface area contributed by atoms with E-state index in [-0.39, 0.29) is 5.78 Å². The van der Waals surface area contributed by atoms with Crippen LogP contribution < -0.4 is 4.90 Å². The van der Waals surface area contributed by atoms with Crippen LogP contribution in [0.5, 0.6) is 0 Å². The van der Waals surface area contributed by atoms with Gasteiger partial charge in [0.1, 0.15) is 5.92 Å². The molecule has 1 aromatic carbocycles. The molecule has 1 saturated heterocycles. The summed E-state index contributed by atoms with van der Waals surface area (Å²) >= 11 is 0. The van der Waals surface area contributed by atoms with Crippen LogP contribution in [0.4, 0.5) is 5.69 Å². The Kier molecular flexibility index (Phi) is 2.66. The molecule has 0 unspecified atom stereocenters. The second-order valence-electron chi connectivity index (χ2n) is 4.32. The average Bonchev–Trinajstić information content (AvgIpc) is 2.59. The highest BCUT2D eigenvalue weighted by Crippen LogP contribution is 2.25. The predicted molar refractivity (Wildman–Crippen MR) is 62.2 cm³/mol. The molecule has 0 N–H and O–H groups in total. The molecular weight excluding hydrogens is 200 g/mol. The average molecular weight is 214 g/mol. The Bertz CT molecular complexity index is 473. The van der Waals surface area contributed by atoms with E-state index in [1.54, 1.807) is 0 Å². The molecular formula is C13H14N2O. The van der Waals surface area contributed by atoms with E-state index >= 15 is 0 Å². The van der Waals surface area contributed by atoms with Crippen molar-refractivity contribution in [2.75, 3.05) is 18.0 Å². The molecule has 1 aliphatic heterocycles. The van der Waals surface area contributed by atoms with Gasteiger partial charge in [0, 0.05) is 12.2 Å². The summed E-state index contributed by atoms with van der Waals surface area (Å²) in [6.45, 7) is 4.97. The van der Waals surface area contributed by atoms with Crippen LogP contribution in [-0.4, -0.2) is 18.9 Å². The lowest BCUT2D eigenvalue weighted by Gasteiger charge is -2.19. The molecule has 3 heteroatoms. The molecule has 3 nitrogen and oxygen atoms in total. The topological polar surface area (TPSA) is 44.1 Å². The summed E-state index contributed by atoms with van der Waals surface area (Å²) in [5, 5.41) is 8.82. The first-order chi connectivity index (χ1) is 7.61. The number of nitriles is 1. The maximum Gasteiger partial charge on any atom is 0.170 e. The number of benzene rings is 1. The quantitative estimate of drug-likeness (QED) is 0.716. The van der Waals surface area contributed by atoms with Gasteiger partial charge in [-0.3, -0.25) is 4.79 Å². The van der Waals surface area contributed by atoms with Gasteiger partial charge in [-0.25, -0.2) is 0 Å². The van der Waals surface area contributed by atoms with Crippen molar-refractivity contribution in [1.29, 1.82) is 5.26 Å². The molecule has 82 valence electrons. The highest BCUT2D eigenvalue weighted by molar-refractivity contribution is 5.91. The molecule has 0 aromatic heterocycles. The van der Waals surface area contributed by atoms with Gasteiger partial charge in [0.25, 0.3) is 0 Å². The van der Waals surface area contributed by atoms with Crippen LogP contribution in [0.1, 0.15) is 11.1 Å². The minimum Gasteiger partial charge on any atom is -0.362 e. The number of anilines is 1. The highest BCUT2D eigenvalue weighted by atomic mass is 16.1. The summed E-state index contributed by atoms with van der Waals surface area (Å²) in [7, 11) is 0. The summed E-state index contributed by atoms with van der Waals surface area (Å²) in [6, 6.07) is 8.21. The normalized spacial score (nSPS) is 19.9. The SMILES string of the molecule is Cc1ccc(N2CC(=O)[C@H](C#N)C2)c(C)c1. The van der Waals surface area contributed by atoms with E-state index in [0.717, 1.165) is 11.3 Å². The standard InChI is InChI=1S/C13H14N2O/c1-9-3-4-12(10(2)5-9)15-7-11(6-14)13(16)8-15/h3-5,11H,7-8H2,1-2H3/t11-/m1/s1. The molecule has 1 heterocycles. The fourth-order valence-electron chi connectivity index (χ4n) is 2.14. The molecule has 0 amide bonds. The van der Waals surface area contributed by atoms with Crippen LogP contribution in [0.25, 0.3) is 0 Å². The summed E-state index contributed by atoms with van der Waals surface area (Å²) in [5.74, 6) is -0.428. The van der Waals surface area contributed by atoms with E-state index in [4.69, 9.17) is 5.26 Å². The number of carbonyl (C=O) groups excluding carboxylic acids is 1. The van der Waals surface area contributed by atoms with Crippen molar-refractivity contribution < 1.29 is 4.79 Å². The molecule has 0 spiro atoms. The van der Waals surface area contributed by atoms with Crippen LogP contribution in [-0.2, 0) is 4.79 Å². The van der Waals surface area contributed by atoms with Gasteiger partial charge in [-0.15, -0.1) is 0 Å². The fourth-order valence-corrected chi connectivity index (χ4v) is 2.14. The van der Waals surface area contributed by atoms with E-state index in [1.807, 2.05) is 30.9 Å². The molecule has 2 rings (SSSR count). The van der Waals surface area contributed by atoms with Crippen molar-refractivity contribution in [2.45, 2.75) is 13.8 Å². The van der Waals surface area contributed by atoms with Crippen LogP contribution in [0.2, 0.25) is 0 Å².